The van der Waals surface area contributed by atoms with Crippen LogP contribution in [0, 0.1) is 0 Å². The van der Waals surface area contributed by atoms with Crippen LogP contribution in [-0.2, 0) is 0 Å². The maximum Gasteiger partial charge on any atom is 0.0649 e. The Bertz CT molecular complexity index is 222. The lowest BCUT2D eigenvalue weighted by atomic mass is 10.3. The second-order valence-corrected chi connectivity index (χ2v) is 19.4. The Morgan fingerprint density at radius 1 is 1.07 bits per heavy atom. The molecule has 0 aromatic heterocycles. The molecule has 0 saturated heterocycles. The van der Waals surface area contributed by atoms with Gasteiger partial charge in [0.25, 0.3) is 0 Å². The zero-order valence-electron chi connectivity index (χ0n) is 11.3. The van der Waals surface area contributed by atoms with Crippen LogP contribution in [0.15, 0.2) is 0 Å². The quantitative estimate of drug-likeness (QED) is 0.436. The van der Waals surface area contributed by atoms with Crippen molar-refractivity contribution in [3.63, 3.8) is 0 Å². The van der Waals surface area contributed by atoms with Crippen LogP contribution >= 0.6 is 24.8 Å². The van der Waals surface area contributed by atoms with E-state index >= 15 is 0 Å². The van der Waals surface area contributed by atoms with Crippen LogP contribution in [0.5, 0.6) is 0 Å². The van der Waals surface area contributed by atoms with Crippen molar-refractivity contribution in [3.8, 4) is 0 Å². The van der Waals surface area contributed by atoms with Crippen LogP contribution in [-0.4, -0.2) is 25.0 Å². The van der Waals surface area contributed by atoms with Crippen LogP contribution in [0.25, 0.3) is 0 Å². The summed E-state index contributed by atoms with van der Waals surface area (Å²) in [6.07, 6.45) is 2.21. The molecule has 0 atom stereocenters. The molecule has 0 spiro atoms. The normalized spacial score (nSPS) is 14.1. The largest absolute Gasteiger partial charge is 0.174 e. The molecule has 0 fully saturated rings. The monoisotopic (exact) mass is 278 g/mol. The number of thiocarbonyl (C=S) groups is 1. The number of rotatable bonds is 5. The van der Waals surface area contributed by atoms with E-state index in [-0.39, 0.29) is 3.99 Å². The van der Waals surface area contributed by atoms with Gasteiger partial charge in [-0.1, -0.05) is 64.8 Å². The first-order valence-corrected chi connectivity index (χ1v) is 13.6. The molecule has 0 heterocycles. The Kier molecular flexibility index (Phi) is 5.32. The number of hydrogen-bond acceptors (Lipinski definition) is 2. The van der Waals surface area contributed by atoms with Crippen molar-refractivity contribution in [1.82, 2.24) is 0 Å². The van der Waals surface area contributed by atoms with Gasteiger partial charge in [0.1, 0.15) is 0 Å². The Labute approximate surface area is 109 Å². The van der Waals surface area contributed by atoms with Gasteiger partial charge in [-0.3, -0.25) is 0 Å². The molecular formula is C11H26S2Si2. The lowest BCUT2D eigenvalue weighted by Gasteiger charge is -2.49. The van der Waals surface area contributed by atoms with Gasteiger partial charge >= 0.3 is 0 Å². The van der Waals surface area contributed by atoms with Gasteiger partial charge in [0.05, 0.1) is 16.1 Å². The molecule has 0 aliphatic rings. The molecule has 15 heavy (non-hydrogen) atoms. The Morgan fingerprint density at radius 2 is 1.40 bits per heavy atom. The summed E-state index contributed by atoms with van der Waals surface area (Å²) in [5.74, 6) is 0. The first-order chi connectivity index (χ1) is 6.48. The minimum atomic E-state index is -1.36. The summed E-state index contributed by atoms with van der Waals surface area (Å²) in [5, 5.41) is 0. The summed E-state index contributed by atoms with van der Waals surface area (Å²) in [6, 6.07) is 0. The van der Waals surface area contributed by atoms with E-state index in [1.165, 1.54) is 4.86 Å². The molecule has 0 nitrogen and oxygen atoms in total. The van der Waals surface area contributed by atoms with Crippen LogP contribution in [0.2, 0.25) is 39.3 Å². The number of thiol groups is 1. The van der Waals surface area contributed by atoms with E-state index in [0.29, 0.717) is 0 Å². The van der Waals surface area contributed by atoms with Crippen molar-refractivity contribution < 1.29 is 0 Å². The Balaban J connectivity index is 5.33. The average molecular weight is 279 g/mol. The summed E-state index contributed by atoms with van der Waals surface area (Å²) >= 11 is 10.8. The average Bonchev–Trinajstić information content (AvgIpc) is 1.99. The van der Waals surface area contributed by atoms with Crippen molar-refractivity contribution in [2.45, 2.75) is 63.0 Å². The second-order valence-electron chi connectivity index (χ2n) is 6.38. The summed E-state index contributed by atoms with van der Waals surface area (Å²) in [4.78, 5) is 1.23. The van der Waals surface area contributed by atoms with Gasteiger partial charge in [0, 0.05) is 8.86 Å². The van der Waals surface area contributed by atoms with E-state index in [2.05, 4.69) is 46.2 Å². The molecule has 0 rings (SSSR count). The summed E-state index contributed by atoms with van der Waals surface area (Å²) in [6.45, 7) is 16.6. The molecule has 0 radical (unpaired) electrons. The third-order valence-corrected chi connectivity index (χ3v) is 17.8. The first-order valence-electron chi connectivity index (χ1n) is 5.74. The zero-order valence-corrected chi connectivity index (χ0v) is 15.0. The highest BCUT2D eigenvalue weighted by Crippen LogP contribution is 2.39. The standard InChI is InChI=1S/C11H26S2Si2/c1-8-9-10(12)11(13,14(2,3)4)15(5,6)7/h13H,8-9H2,1-7H3. The van der Waals surface area contributed by atoms with Crippen LogP contribution in [0.1, 0.15) is 19.8 Å². The topological polar surface area (TPSA) is 0 Å². The van der Waals surface area contributed by atoms with Crippen molar-refractivity contribution in [1.29, 1.82) is 0 Å². The lowest BCUT2D eigenvalue weighted by Crippen LogP contribution is -2.66. The van der Waals surface area contributed by atoms with Crippen LogP contribution in [0.4, 0.5) is 0 Å². The zero-order chi connectivity index (χ0) is 12.5. The van der Waals surface area contributed by atoms with Gasteiger partial charge in [0.15, 0.2) is 0 Å². The minimum absolute atomic E-state index is 0.0886. The minimum Gasteiger partial charge on any atom is -0.174 e. The van der Waals surface area contributed by atoms with Gasteiger partial charge < -0.3 is 0 Å². The van der Waals surface area contributed by atoms with E-state index < -0.39 is 16.1 Å². The molecular weight excluding hydrogens is 252 g/mol. The highest BCUT2D eigenvalue weighted by Gasteiger charge is 2.52. The predicted molar refractivity (Wildman–Crippen MR) is 85.9 cm³/mol. The van der Waals surface area contributed by atoms with Crippen LogP contribution < -0.4 is 0 Å². The molecule has 0 unspecified atom stereocenters. The maximum atomic E-state index is 5.68. The smallest absolute Gasteiger partial charge is 0.0649 e. The van der Waals surface area contributed by atoms with Gasteiger partial charge in [-0.2, -0.15) is 12.6 Å². The molecule has 4 heteroatoms. The molecule has 0 saturated carbocycles. The van der Waals surface area contributed by atoms with Crippen molar-refractivity contribution in [2.24, 2.45) is 0 Å². The second kappa shape index (κ2) is 5.02. The molecule has 0 aliphatic carbocycles. The molecule has 0 N–H and O–H groups in total. The van der Waals surface area contributed by atoms with Crippen LogP contribution in [0.3, 0.4) is 0 Å². The fraction of sp³-hybridized carbons (Fsp3) is 0.909. The first kappa shape index (κ1) is 15.9. The molecule has 0 aliphatic heterocycles. The Hall–Kier alpha value is 0.874. The van der Waals surface area contributed by atoms with Gasteiger partial charge in [-0.05, 0) is 6.42 Å². The van der Waals surface area contributed by atoms with Gasteiger partial charge in [-0.15, -0.1) is 0 Å². The van der Waals surface area contributed by atoms with Crippen molar-refractivity contribution >= 4 is 45.9 Å². The summed E-state index contributed by atoms with van der Waals surface area (Å²) < 4.78 is 0.0886. The molecule has 0 aromatic carbocycles. The number of hydrogen-bond donors (Lipinski definition) is 1. The maximum absolute atomic E-state index is 5.68. The van der Waals surface area contributed by atoms with E-state index in [1.54, 1.807) is 0 Å². The van der Waals surface area contributed by atoms with Gasteiger partial charge in [0.2, 0.25) is 0 Å². The highest BCUT2D eigenvalue weighted by atomic mass is 32.1. The summed E-state index contributed by atoms with van der Waals surface area (Å²) in [5.41, 5.74) is 0. The fourth-order valence-electron chi connectivity index (χ4n) is 2.37. The molecule has 90 valence electrons. The van der Waals surface area contributed by atoms with Gasteiger partial charge in [-0.25, -0.2) is 0 Å². The third kappa shape index (κ3) is 3.17. The predicted octanol–water partition coefficient (Wildman–Crippen LogP) is 4.58. The van der Waals surface area contributed by atoms with E-state index in [1.807, 2.05) is 0 Å². The van der Waals surface area contributed by atoms with E-state index in [4.69, 9.17) is 24.8 Å². The SMILES string of the molecule is CCCC(=S)C(S)([Si](C)(C)C)[Si](C)(C)C. The molecule has 0 bridgehead atoms. The summed E-state index contributed by atoms with van der Waals surface area (Å²) in [7, 11) is -2.72. The van der Waals surface area contributed by atoms with Crippen molar-refractivity contribution in [3.05, 3.63) is 0 Å². The fourth-order valence-corrected chi connectivity index (χ4v) is 15.4. The van der Waals surface area contributed by atoms with E-state index in [9.17, 15) is 0 Å². The Morgan fingerprint density at radius 3 is 1.60 bits per heavy atom. The van der Waals surface area contributed by atoms with E-state index in [0.717, 1.165) is 12.8 Å². The third-order valence-electron chi connectivity index (χ3n) is 3.05. The van der Waals surface area contributed by atoms with Crippen molar-refractivity contribution in [2.75, 3.05) is 0 Å². The lowest BCUT2D eigenvalue weighted by molar-refractivity contribution is 0.988. The highest BCUT2D eigenvalue weighted by molar-refractivity contribution is 7.92. The molecule has 0 aromatic rings. The molecule has 0 amide bonds.